The molecule has 0 saturated heterocycles. The summed E-state index contributed by atoms with van der Waals surface area (Å²) < 4.78 is 3.08. The van der Waals surface area contributed by atoms with E-state index in [1.54, 1.807) is 0 Å². The Morgan fingerprint density at radius 1 is 1.35 bits per heavy atom. The molecule has 0 spiro atoms. The summed E-state index contributed by atoms with van der Waals surface area (Å²) in [6, 6.07) is 8.45. The Morgan fingerprint density at radius 2 is 2.10 bits per heavy atom. The first-order valence-electron chi connectivity index (χ1n) is 6.42. The van der Waals surface area contributed by atoms with E-state index in [0.29, 0.717) is 0 Å². The Hall–Kier alpha value is -1.20. The number of para-hydroxylation sites is 2. The van der Waals surface area contributed by atoms with E-state index in [-0.39, 0.29) is 12.4 Å². The number of benzene rings is 1. The molecule has 3 rings (SSSR count). The highest BCUT2D eigenvalue weighted by Gasteiger charge is 2.19. The quantitative estimate of drug-likeness (QED) is 0.895. The molecular formula is C14H18BrClN4. The van der Waals surface area contributed by atoms with E-state index in [1.807, 2.05) is 18.7 Å². The van der Waals surface area contributed by atoms with Crippen molar-refractivity contribution in [3.63, 3.8) is 0 Å². The third kappa shape index (κ3) is 2.65. The molecule has 1 N–H and O–H groups in total. The number of halogens is 2. The molecule has 20 heavy (non-hydrogen) atoms. The Bertz CT molecular complexity index is 611. The number of nitrogens with zero attached hydrogens (tertiary/aromatic N) is 3. The van der Waals surface area contributed by atoms with E-state index in [2.05, 4.69) is 55.5 Å². The minimum absolute atomic E-state index is 0. The van der Waals surface area contributed by atoms with E-state index in [4.69, 9.17) is 0 Å². The van der Waals surface area contributed by atoms with Crippen LogP contribution in [0.15, 0.2) is 28.7 Å². The van der Waals surface area contributed by atoms with Crippen molar-refractivity contribution in [2.75, 3.05) is 23.3 Å². The van der Waals surface area contributed by atoms with Crippen LogP contribution < -0.4 is 10.2 Å². The standard InChI is InChI=1S/C14H17BrN4.ClH/c1-10-14(15)13(18(2)17-10)9-19-8-7-16-11-5-3-4-6-12(11)19;/h3-6,16H,7-9H2,1-2H3;1H. The van der Waals surface area contributed by atoms with Crippen molar-refractivity contribution in [3.05, 3.63) is 40.1 Å². The topological polar surface area (TPSA) is 33.1 Å². The lowest BCUT2D eigenvalue weighted by atomic mass is 10.2. The highest BCUT2D eigenvalue weighted by Crippen LogP contribution is 2.31. The molecule has 0 radical (unpaired) electrons. The average Bonchev–Trinajstić information content (AvgIpc) is 2.66. The van der Waals surface area contributed by atoms with Crippen LogP contribution in [0.25, 0.3) is 0 Å². The SMILES string of the molecule is Cc1nn(C)c(CN2CCNc3ccccc32)c1Br.Cl. The number of anilines is 2. The Labute approximate surface area is 133 Å². The van der Waals surface area contributed by atoms with Crippen LogP contribution in [0.1, 0.15) is 11.4 Å². The van der Waals surface area contributed by atoms with Gasteiger partial charge in [-0.05, 0) is 35.0 Å². The molecule has 2 aromatic rings. The van der Waals surface area contributed by atoms with Gasteiger partial charge in [0, 0.05) is 20.1 Å². The second-order valence-corrected chi connectivity index (χ2v) is 5.63. The molecule has 0 aliphatic carbocycles. The molecular weight excluding hydrogens is 340 g/mol. The lowest BCUT2D eigenvalue weighted by Gasteiger charge is -2.32. The summed E-state index contributed by atoms with van der Waals surface area (Å²) in [4.78, 5) is 2.40. The largest absolute Gasteiger partial charge is 0.382 e. The number of rotatable bonds is 2. The zero-order valence-corrected chi connectivity index (χ0v) is 14.0. The smallest absolute Gasteiger partial charge is 0.0739 e. The maximum absolute atomic E-state index is 4.46. The predicted molar refractivity (Wildman–Crippen MR) is 88.9 cm³/mol. The van der Waals surface area contributed by atoms with Gasteiger partial charge >= 0.3 is 0 Å². The summed E-state index contributed by atoms with van der Waals surface area (Å²) in [5.41, 5.74) is 4.73. The van der Waals surface area contributed by atoms with E-state index >= 15 is 0 Å². The van der Waals surface area contributed by atoms with Crippen molar-refractivity contribution in [3.8, 4) is 0 Å². The van der Waals surface area contributed by atoms with Gasteiger partial charge in [-0.15, -0.1) is 12.4 Å². The van der Waals surface area contributed by atoms with Gasteiger partial charge in [-0.3, -0.25) is 4.68 Å². The number of aryl methyl sites for hydroxylation is 2. The molecule has 1 aliphatic rings. The third-order valence-electron chi connectivity index (χ3n) is 3.54. The molecule has 0 fully saturated rings. The highest BCUT2D eigenvalue weighted by atomic mass is 79.9. The number of hydrogen-bond acceptors (Lipinski definition) is 3. The number of nitrogens with one attached hydrogen (secondary N) is 1. The first-order valence-corrected chi connectivity index (χ1v) is 7.22. The summed E-state index contributed by atoms with van der Waals surface area (Å²) in [5.74, 6) is 0. The second-order valence-electron chi connectivity index (χ2n) is 4.84. The van der Waals surface area contributed by atoms with Crippen LogP contribution >= 0.6 is 28.3 Å². The average molecular weight is 358 g/mol. The van der Waals surface area contributed by atoms with Gasteiger partial charge in [0.1, 0.15) is 0 Å². The fourth-order valence-electron chi connectivity index (χ4n) is 2.54. The molecule has 0 saturated carbocycles. The van der Waals surface area contributed by atoms with E-state index in [1.165, 1.54) is 17.1 Å². The van der Waals surface area contributed by atoms with Crippen molar-refractivity contribution in [1.29, 1.82) is 0 Å². The van der Waals surface area contributed by atoms with Crippen LogP contribution in [0.3, 0.4) is 0 Å². The molecule has 108 valence electrons. The molecule has 0 amide bonds. The third-order valence-corrected chi connectivity index (χ3v) is 4.58. The molecule has 6 heteroatoms. The molecule has 4 nitrogen and oxygen atoms in total. The zero-order chi connectivity index (χ0) is 13.4. The van der Waals surface area contributed by atoms with Gasteiger partial charge in [-0.1, -0.05) is 12.1 Å². The van der Waals surface area contributed by atoms with Gasteiger partial charge in [0.25, 0.3) is 0 Å². The Kier molecular flexibility index (Phi) is 4.60. The molecule has 1 aromatic heterocycles. The van der Waals surface area contributed by atoms with Gasteiger partial charge < -0.3 is 10.2 Å². The van der Waals surface area contributed by atoms with Gasteiger partial charge in [0.05, 0.1) is 33.8 Å². The van der Waals surface area contributed by atoms with E-state index < -0.39 is 0 Å². The van der Waals surface area contributed by atoms with Crippen LogP contribution in [0.4, 0.5) is 11.4 Å². The van der Waals surface area contributed by atoms with Gasteiger partial charge in [-0.25, -0.2) is 0 Å². The van der Waals surface area contributed by atoms with Gasteiger partial charge in [-0.2, -0.15) is 5.10 Å². The van der Waals surface area contributed by atoms with E-state index in [9.17, 15) is 0 Å². The molecule has 0 bridgehead atoms. The molecule has 0 atom stereocenters. The van der Waals surface area contributed by atoms with Crippen LogP contribution in [-0.4, -0.2) is 22.9 Å². The predicted octanol–water partition coefficient (Wildman–Crippen LogP) is 3.34. The summed E-state index contributed by atoms with van der Waals surface area (Å²) in [6.07, 6.45) is 0. The Balaban J connectivity index is 0.00000147. The fraction of sp³-hybridized carbons (Fsp3) is 0.357. The van der Waals surface area contributed by atoms with Gasteiger partial charge in [0.2, 0.25) is 0 Å². The monoisotopic (exact) mass is 356 g/mol. The first-order chi connectivity index (χ1) is 9.16. The maximum Gasteiger partial charge on any atom is 0.0739 e. The van der Waals surface area contributed by atoms with E-state index in [0.717, 1.165) is 29.8 Å². The van der Waals surface area contributed by atoms with Crippen molar-refractivity contribution in [2.45, 2.75) is 13.5 Å². The lowest BCUT2D eigenvalue weighted by molar-refractivity contribution is 0.673. The molecule has 0 unspecified atom stereocenters. The summed E-state index contributed by atoms with van der Waals surface area (Å²) in [6.45, 7) is 4.88. The van der Waals surface area contributed by atoms with Gasteiger partial charge in [0.15, 0.2) is 0 Å². The number of fused-ring (bicyclic) bond motifs is 1. The molecule has 2 heterocycles. The number of aromatic nitrogens is 2. The Morgan fingerprint density at radius 3 is 2.80 bits per heavy atom. The minimum atomic E-state index is 0. The number of hydrogen-bond donors (Lipinski definition) is 1. The van der Waals surface area contributed by atoms with Crippen molar-refractivity contribution < 1.29 is 0 Å². The van der Waals surface area contributed by atoms with Crippen LogP contribution in [-0.2, 0) is 13.6 Å². The van der Waals surface area contributed by atoms with Crippen molar-refractivity contribution in [2.24, 2.45) is 7.05 Å². The molecule has 1 aliphatic heterocycles. The van der Waals surface area contributed by atoms with Crippen LogP contribution in [0.5, 0.6) is 0 Å². The first kappa shape index (κ1) is 15.2. The fourth-order valence-corrected chi connectivity index (χ4v) is 3.00. The lowest BCUT2D eigenvalue weighted by Crippen LogP contribution is -2.34. The van der Waals surface area contributed by atoms with Crippen LogP contribution in [0, 0.1) is 6.92 Å². The summed E-state index contributed by atoms with van der Waals surface area (Å²) >= 11 is 3.64. The maximum atomic E-state index is 4.46. The summed E-state index contributed by atoms with van der Waals surface area (Å²) in [7, 11) is 2.00. The molecule has 1 aromatic carbocycles. The normalized spacial score (nSPS) is 13.4. The van der Waals surface area contributed by atoms with Crippen LogP contribution in [0.2, 0.25) is 0 Å². The second kappa shape index (κ2) is 6.06. The minimum Gasteiger partial charge on any atom is -0.382 e. The van der Waals surface area contributed by atoms with Crippen molar-refractivity contribution in [1.82, 2.24) is 9.78 Å². The van der Waals surface area contributed by atoms with Crippen molar-refractivity contribution >= 4 is 39.7 Å². The summed E-state index contributed by atoms with van der Waals surface area (Å²) in [5, 5.41) is 7.90. The highest BCUT2D eigenvalue weighted by molar-refractivity contribution is 9.10. The zero-order valence-electron chi connectivity index (χ0n) is 11.6.